The van der Waals surface area contributed by atoms with Gasteiger partial charge in [-0.05, 0) is 35.9 Å². The van der Waals surface area contributed by atoms with Gasteiger partial charge >= 0.3 is 0 Å². The van der Waals surface area contributed by atoms with E-state index in [4.69, 9.17) is 16.7 Å². The summed E-state index contributed by atoms with van der Waals surface area (Å²) in [6.07, 6.45) is 0.148. The molecule has 0 aliphatic carbocycles. The van der Waals surface area contributed by atoms with Gasteiger partial charge in [-0.25, -0.2) is 9.07 Å². The zero-order chi connectivity index (χ0) is 20.7. The summed E-state index contributed by atoms with van der Waals surface area (Å²) in [4.78, 5) is 12.6. The molecule has 1 aliphatic heterocycles. The molecule has 0 unspecified atom stereocenters. The Bertz CT molecular complexity index is 1240. The third-order valence-electron chi connectivity index (χ3n) is 5.32. The molecule has 1 atom stereocenters. The highest BCUT2D eigenvalue weighted by Gasteiger charge is 2.35. The minimum absolute atomic E-state index is 0.148. The van der Waals surface area contributed by atoms with Gasteiger partial charge in [-0.15, -0.1) is 0 Å². The van der Waals surface area contributed by atoms with Crippen LogP contribution in [0.25, 0.3) is 16.9 Å². The molecule has 0 bridgehead atoms. The van der Waals surface area contributed by atoms with Crippen LogP contribution in [0.4, 0.5) is 10.2 Å². The van der Waals surface area contributed by atoms with Gasteiger partial charge < -0.3 is 5.32 Å². The van der Waals surface area contributed by atoms with E-state index in [0.717, 1.165) is 16.8 Å². The van der Waals surface area contributed by atoms with Crippen molar-refractivity contribution in [2.75, 3.05) is 5.32 Å². The van der Waals surface area contributed by atoms with Crippen LogP contribution in [0.1, 0.15) is 23.5 Å². The van der Waals surface area contributed by atoms with Crippen LogP contribution in [0.2, 0.25) is 5.02 Å². The van der Waals surface area contributed by atoms with Gasteiger partial charge in [0.15, 0.2) is 0 Å². The van der Waals surface area contributed by atoms with Crippen molar-refractivity contribution in [1.82, 2.24) is 9.78 Å². The number of halogens is 2. The van der Waals surface area contributed by atoms with E-state index in [0.29, 0.717) is 22.1 Å². The number of hydrogen-bond donors (Lipinski definition) is 1. The predicted molar refractivity (Wildman–Crippen MR) is 115 cm³/mol. The molecule has 1 amide bonds. The smallest absolute Gasteiger partial charge is 0.226 e. The Morgan fingerprint density at radius 1 is 0.967 bits per heavy atom. The summed E-state index contributed by atoms with van der Waals surface area (Å²) in [5.41, 5.74) is 3.63. The predicted octanol–water partition coefficient (Wildman–Crippen LogP) is 5.81. The van der Waals surface area contributed by atoms with Crippen LogP contribution >= 0.6 is 11.6 Å². The summed E-state index contributed by atoms with van der Waals surface area (Å²) < 4.78 is 16.4. The molecule has 148 valence electrons. The number of benzene rings is 3. The minimum Gasteiger partial charge on any atom is -0.310 e. The van der Waals surface area contributed by atoms with Crippen molar-refractivity contribution in [3.63, 3.8) is 0 Å². The Hall–Kier alpha value is -3.44. The van der Waals surface area contributed by atoms with Crippen molar-refractivity contribution in [3.8, 4) is 16.9 Å². The van der Waals surface area contributed by atoms with Crippen molar-refractivity contribution >= 4 is 23.3 Å². The molecular formula is C24H17ClFN3O. The fraction of sp³-hybridized carbons (Fsp3) is 0.0833. The molecular weight excluding hydrogens is 401 g/mol. The van der Waals surface area contributed by atoms with Crippen molar-refractivity contribution < 1.29 is 9.18 Å². The van der Waals surface area contributed by atoms with Gasteiger partial charge in [-0.2, -0.15) is 5.10 Å². The molecule has 5 rings (SSSR count). The summed E-state index contributed by atoms with van der Waals surface area (Å²) >= 11 is 6.08. The summed E-state index contributed by atoms with van der Waals surface area (Å²) in [5.74, 6) is -0.387. The zero-order valence-electron chi connectivity index (χ0n) is 15.8. The molecule has 30 heavy (non-hydrogen) atoms. The summed E-state index contributed by atoms with van der Waals surface area (Å²) in [6, 6.07) is 23.5. The summed E-state index contributed by atoms with van der Waals surface area (Å²) in [6.45, 7) is 0. The fourth-order valence-electron chi connectivity index (χ4n) is 3.95. The second-order valence-electron chi connectivity index (χ2n) is 7.19. The van der Waals surface area contributed by atoms with E-state index < -0.39 is 5.92 Å². The normalized spacial score (nSPS) is 15.5. The number of rotatable bonds is 3. The Morgan fingerprint density at radius 2 is 1.67 bits per heavy atom. The number of para-hydroxylation sites is 1. The highest BCUT2D eigenvalue weighted by Crippen LogP contribution is 2.44. The van der Waals surface area contributed by atoms with Gasteiger partial charge in [0, 0.05) is 28.5 Å². The molecule has 1 aliphatic rings. The van der Waals surface area contributed by atoms with Crippen LogP contribution in [0, 0.1) is 5.82 Å². The largest absolute Gasteiger partial charge is 0.310 e. The van der Waals surface area contributed by atoms with E-state index in [-0.39, 0.29) is 18.1 Å². The average Bonchev–Trinajstić information content (AvgIpc) is 3.14. The van der Waals surface area contributed by atoms with E-state index >= 15 is 0 Å². The second-order valence-corrected chi connectivity index (χ2v) is 7.63. The van der Waals surface area contributed by atoms with Crippen LogP contribution in [-0.4, -0.2) is 15.7 Å². The molecule has 0 saturated heterocycles. The van der Waals surface area contributed by atoms with Crippen molar-refractivity contribution in [1.29, 1.82) is 0 Å². The Labute approximate surface area is 177 Å². The number of nitrogens with zero attached hydrogens (tertiary/aromatic N) is 2. The fourth-order valence-corrected chi connectivity index (χ4v) is 4.08. The molecule has 1 aromatic heterocycles. The van der Waals surface area contributed by atoms with E-state index in [2.05, 4.69) is 5.32 Å². The molecule has 0 radical (unpaired) electrons. The molecule has 3 aromatic carbocycles. The highest BCUT2D eigenvalue weighted by atomic mass is 35.5. The maximum Gasteiger partial charge on any atom is 0.226 e. The van der Waals surface area contributed by atoms with Crippen LogP contribution in [0.5, 0.6) is 0 Å². The lowest BCUT2D eigenvalue weighted by Gasteiger charge is -2.25. The molecule has 2 heterocycles. The number of fused-ring (bicyclic) bond motifs is 1. The van der Waals surface area contributed by atoms with Crippen molar-refractivity contribution in [3.05, 3.63) is 101 Å². The molecule has 0 spiro atoms. The lowest BCUT2D eigenvalue weighted by Crippen LogP contribution is -2.25. The number of nitrogens with one attached hydrogen (secondary N) is 1. The topological polar surface area (TPSA) is 46.9 Å². The average molecular weight is 418 g/mol. The van der Waals surface area contributed by atoms with E-state index in [1.54, 1.807) is 35.0 Å². The third-order valence-corrected chi connectivity index (χ3v) is 5.57. The first-order chi connectivity index (χ1) is 14.6. The number of carbonyl (C=O) groups excluding carboxylic acids is 1. The number of aromatic nitrogens is 2. The molecule has 4 aromatic rings. The second kappa shape index (κ2) is 7.43. The first-order valence-corrected chi connectivity index (χ1v) is 9.98. The van der Waals surface area contributed by atoms with Crippen LogP contribution in [-0.2, 0) is 4.79 Å². The Kier molecular flexibility index (Phi) is 4.60. The maximum atomic E-state index is 14.7. The van der Waals surface area contributed by atoms with Gasteiger partial charge in [0.05, 0.1) is 11.4 Å². The zero-order valence-corrected chi connectivity index (χ0v) is 16.6. The van der Waals surface area contributed by atoms with Crippen LogP contribution < -0.4 is 5.32 Å². The maximum absolute atomic E-state index is 14.7. The molecule has 4 nitrogen and oxygen atoms in total. The Morgan fingerprint density at radius 3 is 2.40 bits per heavy atom. The minimum atomic E-state index is -0.446. The van der Waals surface area contributed by atoms with E-state index in [1.165, 1.54) is 6.07 Å². The quantitative estimate of drug-likeness (QED) is 0.457. The monoisotopic (exact) mass is 417 g/mol. The third kappa shape index (κ3) is 3.17. The summed E-state index contributed by atoms with van der Waals surface area (Å²) in [5, 5.41) is 8.42. The van der Waals surface area contributed by atoms with E-state index in [1.807, 2.05) is 42.5 Å². The standard InChI is InChI=1S/C24H17ClFN3O/c25-16-12-10-15(11-13-16)23-22-19(18-8-4-5-9-20(18)26)14-21(30)27-24(22)29(28-23)17-6-2-1-3-7-17/h1-13,19H,14H2,(H,27,30)/t19-/m1/s1. The number of amides is 1. The molecule has 1 N–H and O–H groups in total. The van der Waals surface area contributed by atoms with Gasteiger partial charge in [-0.1, -0.05) is 60.1 Å². The summed E-state index contributed by atoms with van der Waals surface area (Å²) in [7, 11) is 0. The van der Waals surface area contributed by atoms with Gasteiger partial charge in [0.2, 0.25) is 5.91 Å². The van der Waals surface area contributed by atoms with E-state index in [9.17, 15) is 9.18 Å². The number of carbonyl (C=O) groups is 1. The lowest BCUT2D eigenvalue weighted by molar-refractivity contribution is -0.116. The number of anilines is 1. The molecule has 0 saturated carbocycles. The lowest BCUT2D eigenvalue weighted by atomic mass is 9.84. The van der Waals surface area contributed by atoms with Crippen molar-refractivity contribution in [2.24, 2.45) is 0 Å². The van der Waals surface area contributed by atoms with Crippen LogP contribution in [0.15, 0.2) is 78.9 Å². The van der Waals surface area contributed by atoms with Crippen molar-refractivity contribution in [2.45, 2.75) is 12.3 Å². The van der Waals surface area contributed by atoms with Gasteiger partial charge in [0.25, 0.3) is 0 Å². The first kappa shape index (κ1) is 18.6. The first-order valence-electron chi connectivity index (χ1n) is 9.60. The molecule has 0 fully saturated rings. The highest BCUT2D eigenvalue weighted by molar-refractivity contribution is 6.30. The Balaban J connectivity index is 1.79. The molecule has 6 heteroatoms. The van der Waals surface area contributed by atoms with Gasteiger partial charge in [0.1, 0.15) is 11.6 Å². The van der Waals surface area contributed by atoms with Gasteiger partial charge in [-0.3, -0.25) is 4.79 Å². The SMILES string of the molecule is O=C1C[C@H](c2ccccc2F)c2c(-c3ccc(Cl)cc3)nn(-c3ccccc3)c2N1. The van der Waals surface area contributed by atoms with Crippen LogP contribution in [0.3, 0.4) is 0 Å². The number of hydrogen-bond acceptors (Lipinski definition) is 2.